The monoisotopic (exact) mass is 457 g/mol. The first-order chi connectivity index (χ1) is 14.2. The number of piperazine rings is 1. The van der Waals surface area contributed by atoms with Crippen LogP contribution in [0.3, 0.4) is 0 Å². The maximum Gasteiger partial charge on any atom is 0.269 e. The first kappa shape index (κ1) is 22.1. The summed E-state index contributed by atoms with van der Waals surface area (Å²) in [7, 11) is -4.35. The lowest BCUT2D eigenvalue weighted by Gasteiger charge is -2.34. The minimum atomic E-state index is -4.35. The fourth-order valence-corrected chi connectivity index (χ4v) is 5.27. The quantitative estimate of drug-likeness (QED) is 0.375. The molecule has 12 heteroatoms. The highest BCUT2D eigenvalue weighted by atomic mass is 32.2. The van der Waals surface area contributed by atoms with Gasteiger partial charge in [0.2, 0.25) is 15.9 Å². The van der Waals surface area contributed by atoms with Crippen molar-refractivity contribution in [2.75, 3.05) is 31.9 Å². The lowest BCUT2D eigenvalue weighted by molar-refractivity contribution is -0.384. The van der Waals surface area contributed by atoms with Crippen LogP contribution in [0.15, 0.2) is 52.3 Å². The number of amides is 1. The molecule has 2 aromatic rings. The van der Waals surface area contributed by atoms with Gasteiger partial charge in [0, 0.05) is 43.2 Å². The number of carbonyl (C=O) groups is 1. The molecule has 0 aromatic heterocycles. The second-order valence-corrected chi connectivity index (χ2v) is 9.30. The summed E-state index contributed by atoms with van der Waals surface area (Å²) in [4.78, 5) is 23.7. The zero-order valence-electron chi connectivity index (χ0n) is 15.5. The van der Waals surface area contributed by atoms with E-state index in [1.807, 2.05) is 0 Å². The number of nitro benzene ring substituents is 1. The summed E-state index contributed by atoms with van der Waals surface area (Å²) in [5.41, 5.74) is -0.0469. The second kappa shape index (κ2) is 9.06. The standard InChI is InChI=1S/C18H17F2N3O5S2/c19-15-2-1-3-16(20)18(15)30(27,28)22-10-8-21(9-11-22)17(24)12-29-14-6-4-13(5-7-14)23(25)26/h1-7H,8-12H2. The van der Waals surface area contributed by atoms with Crippen molar-refractivity contribution in [3.8, 4) is 0 Å². The normalized spacial score (nSPS) is 15.2. The first-order valence-corrected chi connectivity index (χ1v) is 11.2. The minimum Gasteiger partial charge on any atom is -0.339 e. The fourth-order valence-electron chi connectivity index (χ4n) is 2.94. The van der Waals surface area contributed by atoms with Crippen molar-refractivity contribution in [2.45, 2.75) is 9.79 Å². The zero-order valence-corrected chi connectivity index (χ0v) is 17.2. The fraction of sp³-hybridized carbons (Fsp3) is 0.278. The highest BCUT2D eigenvalue weighted by molar-refractivity contribution is 8.00. The van der Waals surface area contributed by atoms with Gasteiger partial charge in [0.25, 0.3) is 5.69 Å². The molecule has 0 atom stereocenters. The van der Waals surface area contributed by atoms with Crippen LogP contribution < -0.4 is 0 Å². The molecule has 0 spiro atoms. The Hall–Kier alpha value is -2.57. The van der Waals surface area contributed by atoms with E-state index in [0.717, 1.165) is 22.5 Å². The number of halogens is 2. The highest BCUT2D eigenvalue weighted by Gasteiger charge is 2.34. The molecule has 1 amide bonds. The number of non-ortho nitro benzene ring substituents is 1. The van der Waals surface area contributed by atoms with Crippen LogP contribution in [0.1, 0.15) is 0 Å². The molecule has 1 saturated heterocycles. The Kier molecular flexibility index (Phi) is 6.68. The Morgan fingerprint density at radius 1 is 1.03 bits per heavy atom. The number of hydrogen-bond donors (Lipinski definition) is 0. The Bertz CT molecular complexity index is 1040. The van der Waals surface area contributed by atoms with E-state index >= 15 is 0 Å². The van der Waals surface area contributed by atoms with Gasteiger partial charge in [-0.3, -0.25) is 14.9 Å². The number of nitro groups is 1. The Labute approximate surface area is 175 Å². The van der Waals surface area contributed by atoms with E-state index in [2.05, 4.69) is 0 Å². The summed E-state index contributed by atoms with van der Waals surface area (Å²) < 4.78 is 53.9. The topological polar surface area (TPSA) is 101 Å². The van der Waals surface area contributed by atoms with E-state index in [0.29, 0.717) is 4.90 Å². The molecule has 2 aromatic carbocycles. The maximum absolute atomic E-state index is 13.9. The number of carbonyl (C=O) groups excluding carboxylic acids is 1. The lowest BCUT2D eigenvalue weighted by atomic mass is 10.3. The number of sulfonamides is 1. The third-order valence-corrected chi connectivity index (χ3v) is 7.47. The van der Waals surface area contributed by atoms with Gasteiger partial charge >= 0.3 is 0 Å². The number of rotatable bonds is 6. The summed E-state index contributed by atoms with van der Waals surface area (Å²) in [6.45, 7) is 0.0258. The van der Waals surface area contributed by atoms with Crippen LogP contribution in [0, 0.1) is 21.7 Å². The van der Waals surface area contributed by atoms with E-state index in [1.165, 1.54) is 28.8 Å². The predicted octanol–water partition coefficient (Wildman–Crippen LogP) is 2.50. The third kappa shape index (κ3) is 4.77. The average molecular weight is 457 g/mol. The average Bonchev–Trinajstić information content (AvgIpc) is 2.72. The first-order valence-electron chi connectivity index (χ1n) is 8.79. The molecule has 0 radical (unpaired) electrons. The van der Waals surface area contributed by atoms with Gasteiger partial charge in [0.15, 0.2) is 4.90 Å². The summed E-state index contributed by atoms with van der Waals surface area (Å²) in [5.74, 6) is -2.47. The largest absolute Gasteiger partial charge is 0.339 e. The summed E-state index contributed by atoms with van der Waals surface area (Å²) in [6, 6.07) is 8.63. The van der Waals surface area contributed by atoms with Crippen LogP contribution in [-0.4, -0.2) is 60.4 Å². The number of benzene rings is 2. The molecule has 1 fully saturated rings. The molecule has 0 bridgehead atoms. The van der Waals surface area contributed by atoms with Gasteiger partial charge in [0.1, 0.15) is 11.6 Å². The molecule has 1 heterocycles. The van der Waals surface area contributed by atoms with Gasteiger partial charge in [-0.05, 0) is 24.3 Å². The number of thioether (sulfide) groups is 1. The van der Waals surface area contributed by atoms with Crippen LogP contribution in [0.5, 0.6) is 0 Å². The molecule has 0 aliphatic carbocycles. The van der Waals surface area contributed by atoms with Gasteiger partial charge in [-0.1, -0.05) is 6.07 Å². The van der Waals surface area contributed by atoms with Crippen LogP contribution >= 0.6 is 11.8 Å². The molecule has 3 rings (SSSR count). The Morgan fingerprint density at radius 2 is 1.60 bits per heavy atom. The van der Waals surface area contributed by atoms with Crippen molar-refractivity contribution in [3.63, 3.8) is 0 Å². The van der Waals surface area contributed by atoms with Gasteiger partial charge < -0.3 is 4.90 Å². The van der Waals surface area contributed by atoms with Crippen LogP contribution in [0.25, 0.3) is 0 Å². The molecule has 1 aliphatic heterocycles. The third-order valence-electron chi connectivity index (χ3n) is 4.52. The summed E-state index contributed by atoms with van der Waals surface area (Å²) >= 11 is 1.20. The van der Waals surface area contributed by atoms with Crippen molar-refractivity contribution >= 4 is 33.4 Å². The molecule has 1 aliphatic rings. The molecular formula is C18H17F2N3O5S2. The van der Waals surface area contributed by atoms with Crippen LogP contribution in [0.4, 0.5) is 14.5 Å². The maximum atomic E-state index is 13.9. The summed E-state index contributed by atoms with van der Waals surface area (Å²) in [5, 5.41) is 10.7. The van der Waals surface area contributed by atoms with E-state index in [4.69, 9.17) is 0 Å². The van der Waals surface area contributed by atoms with Gasteiger partial charge in [-0.2, -0.15) is 4.31 Å². The molecule has 0 N–H and O–H groups in total. The SMILES string of the molecule is O=C(CSc1ccc([N+](=O)[O-])cc1)N1CCN(S(=O)(=O)c2c(F)cccc2F)CC1. The molecule has 0 saturated carbocycles. The van der Waals surface area contributed by atoms with E-state index < -0.39 is 31.5 Å². The van der Waals surface area contributed by atoms with E-state index in [1.54, 1.807) is 12.1 Å². The lowest BCUT2D eigenvalue weighted by Crippen LogP contribution is -2.51. The number of nitrogens with zero attached hydrogens (tertiary/aromatic N) is 3. The highest BCUT2D eigenvalue weighted by Crippen LogP contribution is 2.25. The Balaban J connectivity index is 1.57. The van der Waals surface area contributed by atoms with Crippen molar-refractivity contribution in [1.82, 2.24) is 9.21 Å². The van der Waals surface area contributed by atoms with Gasteiger partial charge in [-0.15, -0.1) is 11.8 Å². The molecular weight excluding hydrogens is 440 g/mol. The van der Waals surface area contributed by atoms with Crippen LogP contribution in [0.2, 0.25) is 0 Å². The van der Waals surface area contributed by atoms with Gasteiger partial charge in [0.05, 0.1) is 10.7 Å². The minimum absolute atomic E-state index is 0.0469. The second-order valence-electron chi connectivity index (χ2n) is 6.38. The number of hydrogen-bond acceptors (Lipinski definition) is 6. The van der Waals surface area contributed by atoms with Crippen molar-refractivity contribution in [3.05, 3.63) is 64.2 Å². The van der Waals surface area contributed by atoms with Gasteiger partial charge in [-0.25, -0.2) is 17.2 Å². The summed E-state index contributed by atoms with van der Waals surface area (Å²) in [6.07, 6.45) is 0. The molecule has 30 heavy (non-hydrogen) atoms. The Morgan fingerprint density at radius 3 is 2.13 bits per heavy atom. The smallest absolute Gasteiger partial charge is 0.269 e. The van der Waals surface area contributed by atoms with Crippen molar-refractivity contribution in [2.24, 2.45) is 0 Å². The van der Waals surface area contributed by atoms with Crippen molar-refractivity contribution in [1.29, 1.82) is 0 Å². The zero-order chi connectivity index (χ0) is 21.9. The predicted molar refractivity (Wildman–Crippen MR) is 106 cm³/mol. The van der Waals surface area contributed by atoms with Crippen LogP contribution in [-0.2, 0) is 14.8 Å². The van der Waals surface area contributed by atoms with E-state index in [9.17, 15) is 32.1 Å². The molecule has 0 unspecified atom stereocenters. The van der Waals surface area contributed by atoms with E-state index in [-0.39, 0.29) is 43.5 Å². The molecule has 160 valence electrons. The van der Waals surface area contributed by atoms with Crippen molar-refractivity contribution < 1.29 is 26.9 Å². The molecule has 8 nitrogen and oxygen atoms in total.